The minimum atomic E-state index is 0.864. The summed E-state index contributed by atoms with van der Waals surface area (Å²) in [5.41, 5.74) is 16.9. The van der Waals surface area contributed by atoms with E-state index >= 15 is 0 Å². The molecule has 0 aliphatic carbocycles. The Hall–Kier alpha value is -7.94. The van der Waals surface area contributed by atoms with Gasteiger partial charge in [0.25, 0.3) is 0 Å². The number of nitrogens with zero attached hydrogens (tertiary/aromatic N) is 1. The van der Waals surface area contributed by atoms with Crippen LogP contribution in [-0.2, 0) is 0 Å². The van der Waals surface area contributed by atoms with Crippen molar-refractivity contribution in [3.8, 4) is 55.6 Å². The van der Waals surface area contributed by atoms with Crippen molar-refractivity contribution in [3.05, 3.63) is 237 Å². The number of furan rings is 1. The van der Waals surface area contributed by atoms with Crippen molar-refractivity contribution in [3.63, 3.8) is 0 Å². The standard InChI is InChI=1S/C58H39NO/c1-3-14-41(15-4-1)49-19-7-9-21-52(49)53-22-10-8-20-50(53)44-30-34-47(35-31-44)59(48-36-37-55-54-23-11-12-25-57(54)60-58(55)39-48)46-32-28-40(29-33-46)45-27-26-43-18-13-24-51(56(43)38-45)42-16-5-2-6-17-42/h1-39H. The summed E-state index contributed by atoms with van der Waals surface area (Å²) in [5, 5.41) is 4.71. The second-order valence-electron chi connectivity index (χ2n) is 15.3. The summed E-state index contributed by atoms with van der Waals surface area (Å²) in [7, 11) is 0. The normalized spacial score (nSPS) is 11.3. The molecule has 60 heavy (non-hydrogen) atoms. The third-order valence-corrected chi connectivity index (χ3v) is 11.7. The number of para-hydroxylation sites is 1. The van der Waals surface area contributed by atoms with Gasteiger partial charge in [-0.3, -0.25) is 0 Å². The van der Waals surface area contributed by atoms with Gasteiger partial charge in [-0.15, -0.1) is 0 Å². The van der Waals surface area contributed by atoms with E-state index in [0.717, 1.165) is 44.6 Å². The van der Waals surface area contributed by atoms with E-state index in [1.165, 1.54) is 60.8 Å². The monoisotopic (exact) mass is 765 g/mol. The van der Waals surface area contributed by atoms with Gasteiger partial charge >= 0.3 is 0 Å². The molecule has 0 radical (unpaired) electrons. The molecule has 0 fully saturated rings. The Morgan fingerprint density at radius 1 is 0.250 bits per heavy atom. The van der Waals surface area contributed by atoms with E-state index in [1.807, 2.05) is 12.1 Å². The lowest BCUT2D eigenvalue weighted by molar-refractivity contribution is 0.669. The van der Waals surface area contributed by atoms with Gasteiger partial charge in [-0.05, 0) is 115 Å². The average Bonchev–Trinajstić information content (AvgIpc) is 3.70. The van der Waals surface area contributed by atoms with Crippen molar-refractivity contribution in [1.82, 2.24) is 0 Å². The third-order valence-electron chi connectivity index (χ3n) is 11.7. The molecule has 1 aromatic heterocycles. The molecule has 11 rings (SSSR count). The van der Waals surface area contributed by atoms with Gasteiger partial charge in [0.1, 0.15) is 11.2 Å². The Kier molecular flexibility index (Phi) is 8.87. The van der Waals surface area contributed by atoms with Crippen LogP contribution in [-0.4, -0.2) is 0 Å². The lowest BCUT2D eigenvalue weighted by Crippen LogP contribution is -2.09. The van der Waals surface area contributed by atoms with Crippen molar-refractivity contribution >= 4 is 49.8 Å². The highest BCUT2D eigenvalue weighted by atomic mass is 16.3. The predicted octanol–water partition coefficient (Wildman–Crippen LogP) is 16.5. The number of hydrogen-bond donors (Lipinski definition) is 0. The van der Waals surface area contributed by atoms with Gasteiger partial charge in [0.15, 0.2) is 0 Å². The van der Waals surface area contributed by atoms with Gasteiger partial charge in [-0.2, -0.15) is 0 Å². The molecule has 0 aliphatic heterocycles. The van der Waals surface area contributed by atoms with E-state index in [4.69, 9.17) is 4.42 Å². The summed E-state index contributed by atoms with van der Waals surface area (Å²) >= 11 is 0. The molecule has 10 aromatic carbocycles. The second-order valence-corrected chi connectivity index (χ2v) is 15.3. The van der Waals surface area contributed by atoms with Crippen LogP contribution in [0.5, 0.6) is 0 Å². The van der Waals surface area contributed by atoms with E-state index in [2.05, 4.69) is 229 Å². The Labute approximate surface area is 349 Å². The van der Waals surface area contributed by atoms with Crippen molar-refractivity contribution in [1.29, 1.82) is 0 Å². The fourth-order valence-corrected chi connectivity index (χ4v) is 8.77. The highest BCUT2D eigenvalue weighted by molar-refractivity contribution is 6.06. The molecule has 2 heteroatoms. The van der Waals surface area contributed by atoms with E-state index < -0.39 is 0 Å². The van der Waals surface area contributed by atoms with Crippen LogP contribution in [0.3, 0.4) is 0 Å². The molecule has 0 unspecified atom stereocenters. The molecule has 282 valence electrons. The molecule has 0 saturated carbocycles. The number of rotatable bonds is 8. The first-order valence-corrected chi connectivity index (χ1v) is 20.5. The molecule has 0 saturated heterocycles. The van der Waals surface area contributed by atoms with Gasteiger partial charge in [-0.1, -0.05) is 182 Å². The molecule has 0 bridgehead atoms. The molecule has 0 aliphatic rings. The first kappa shape index (κ1) is 35.2. The van der Waals surface area contributed by atoms with Crippen molar-refractivity contribution < 1.29 is 4.42 Å². The maximum absolute atomic E-state index is 6.42. The molecule has 0 N–H and O–H groups in total. The molecule has 0 atom stereocenters. The van der Waals surface area contributed by atoms with Crippen LogP contribution in [0.25, 0.3) is 88.3 Å². The Morgan fingerprint density at radius 2 is 0.733 bits per heavy atom. The molecule has 11 aromatic rings. The molecule has 1 heterocycles. The van der Waals surface area contributed by atoms with Crippen LogP contribution in [0.15, 0.2) is 241 Å². The van der Waals surface area contributed by atoms with E-state index in [-0.39, 0.29) is 0 Å². The maximum atomic E-state index is 6.42. The Balaban J connectivity index is 0.994. The fraction of sp³-hybridized carbons (Fsp3) is 0. The number of fused-ring (bicyclic) bond motifs is 4. The molecular weight excluding hydrogens is 727 g/mol. The lowest BCUT2D eigenvalue weighted by atomic mass is 9.89. The SMILES string of the molecule is c1ccc(-c2ccccc2-c2ccccc2-c2ccc(N(c3ccc(-c4ccc5cccc(-c6ccccc6)c5c4)cc3)c3ccc4c(c3)oc3ccccc34)cc2)cc1. The van der Waals surface area contributed by atoms with Crippen LogP contribution in [0, 0.1) is 0 Å². The van der Waals surface area contributed by atoms with Crippen LogP contribution in [0.1, 0.15) is 0 Å². The zero-order valence-corrected chi connectivity index (χ0v) is 32.9. The minimum absolute atomic E-state index is 0.864. The van der Waals surface area contributed by atoms with Crippen molar-refractivity contribution in [2.45, 2.75) is 0 Å². The van der Waals surface area contributed by atoms with Gasteiger partial charge < -0.3 is 9.32 Å². The maximum Gasteiger partial charge on any atom is 0.137 e. The van der Waals surface area contributed by atoms with Crippen LogP contribution in [0.4, 0.5) is 17.1 Å². The van der Waals surface area contributed by atoms with E-state index in [9.17, 15) is 0 Å². The van der Waals surface area contributed by atoms with Gasteiger partial charge in [-0.25, -0.2) is 0 Å². The van der Waals surface area contributed by atoms with E-state index in [1.54, 1.807) is 0 Å². The van der Waals surface area contributed by atoms with Gasteiger partial charge in [0.2, 0.25) is 0 Å². The van der Waals surface area contributed by atoms with Crippen molar-refractivity contribution in [2.75, 3.05) is 4.90 Å². The fourth-order valence-electron chi connectivity index (χ4n) is 8.77. The molecule has 2 nitrogen and oxygen atoms in total. The molecule has 0 spiro atoms. The third kappa shape index (κ3) is 6.41. The Morgan fingerprint density at radius 3 is 1.40 bits per heavy atom. The topological polar surface area (TPSA) is 16.4 Å². The highest BCUT2D eigenvalue weighted by Gasteiger charge is 2.18. The first-order chi connectivity index (χ1) is 29.7. The van der Waals surface area contributed by atoms with Gasteiger partial charge in [0.05, 0.1) is 0 Å². The summed E-state index contributed by atoms with van der Waals surface area (Å²) in [6, 6.07) is 84.8. The number of benzene rings is 10. The van der Waals surface area contributed by atoms with Crippen molar-refractivity contribution in [2.24, 2.45) is 0 Å². The van der Waals surface area contributed by atoms with Gasteiger partial charge in [0, 0.05) is 33.9 Å². The lowest BCUT2D eigenvalue weighted by Gasteiger charge is -2.26. The summed E-state index contributed by atoms with van der Waals surface area (Å²) in [5.74, 6) is 0. The molecule has 0 amide bonds. The largest absolute Gasteiger partial charge is 0.456 e. The van der Waals surface area contributed by atoms with Crippen LogP contribution in [0.2, 0.25) is 0 Å². The average molecular weight is 766 g/mol. The predicted molar refractivity (Wildman–Crippen MR) is 253 cm³/mol. The summed E-state index contributed by atoms with van der Waals surface area (Å²) < 4.78 is 6.42. The second kappa shape index (κ2) is 15.1. The number of anilines is 3. The Bertz CT molecular complexity index is 3290. The zero-order chi connectivity index (χ0) is 39.8. The van der Waals surface area contributed by atoms with E-state index in [0.29, 0.717) is 0 Å². The quantitative estimate of drug-likeness (QED) is 0.153. The van der Waals surface area contributed by atoms with Crippen LogP contribution >= 0.6 is 0 Å². The zero-order valence-electron chi connectivity index (χ0n) is 32.9. The number of hydrogen-bond acceptors (Lipinski definition) is 2. The highest BCUT2D eigenvalue weighted by Crippen LogP contribution is 2.42. The van der Waals surface area contributed by atoms with Crippen LogP contribution < -0.4 is 4.90 Å². The minimum Gasteiger partial charge on any atom is -0.456 e. The smallest absolute Gasteiger partial charge is 0.137 e. The molecular formula is C58H39NO. The summed E-state index contributed by atoms with van der Waals surface area (Å²) in [6.07, 6.45) is 0. The first-order valence-electron chi connectivity index (χ1n) is 20.5. The summed E-state index contributed by atoms with van der Waals surface area (Å²) in [4.78, 5) is 2.32. The summed E-state index contributed by atoms with van der Waals surface area (Å²) in [6.45, 7) is 0.